The minimum atomic E-state index is -0.307. The van der Waals surface area contributed by atoms with Crippen molar-refractivity contribution in [2.24, 2.45) is 0 Å². The van der Waals surface area contributed by atoms with Crippen molar-refractivity contribution in [2.75, 3.05) is 0 Å². The summed E-state index contributed by atoms with van der Waals surface area (Å²) in [6, 6.07) is 55.1. The van der Waals surface area contributed by atoms with Crippen molar-refractivity contribution in [3.63, 3.8) is 0 Å². The molecule has 0 saturated carbocycles. The third-order valence-electron chi connectivity index (χ3n) is 8.82. The van der Waals surface area contributed by atoms with E-state index in [0.717, 1.165) is 9.94 Å². The summed E-state index contributed by atoms with van der Waals surface area (Å²) in [5.74, 6) is 0. The van der Waals surface area contributed by atoms with Crippen molar-refractivity contribution in [3.8, 4) is 44.5 Å². The van der Waals surface area contributed by atoms with Crippen LogP contribution in [0.1, 0.15) is 27.7 Å². The fraction of sp³-hybridized carbons (Fsp3) is 0.143. The van der Waals surface area contributed by atoms with E-state index in [1.54, 1.807) is 0 Å². The van der Waals surface area contributed by atoms with E-state index in [9.17, 15) is 0 Å². The highest BCUT2D eigenvalue weighted by atomic mass is 79.9. The van der Waals surface area contributed by atoms with E-state index in [1.807, 2.05) is 6.07 Å². The highest BCUT2D eigenvalue weighted by molar-refractivity contribution is 9.10. The van der Waals surface area contributed by atoms with Gasteiger partial charge in [0.15, 0.2) is 0 Å². The maximum atomic E-state index is 6.12. The predicted molar refractivity (Wildman–Crippen MR) is 198 cm³/mol. The Bertz CT molecular complexity index is 1830. The normalized spacial score (nSPS) is 14.8. The van der Waals surface area contributed by atoms with Gasteiger partial charge in [-0.2, -0.15) is 0 Å². The van der Waals surface area contributed by atoms with Gasteiger partial charge in [-0.15, -0.1) is 0 Å². The smallest absolute Gasteiger partial charge is 0.399 e. The fourth-order valence-corrected chi connectivity index (χ4v) is 5.93. The quantitative estimate of drug-likeness (QED) is 0.171. The third kappa shape index (κ3) is 7.26. The van der Waals surface area contributed by atoms with Gasteiger partial charge in [-0.05, 0) is 108 Å². The minimum Gasteiger partial charge on any atom is -0.399 e. The van der Waals surface area contributed by atoms with Gasteiger partial charge in [0.1, 0.15) is 0 Å². The molecule has 0 aromatic heterocycles. The Morgan fingerprint density at radius 2 is 0.761 bits per heavy atom. The molecule has 228 valence electrons. The minimum absolute atomic E-state index is 0.305. The molecule has 6 aromatic rings. The van der Waals surface area contributed by atoms with Crippen molar-refractivity contribution < 1.29 is 9.31 Å². The van der Waals surface area contributed by atoms with Crippen LogP contribution < -0.4 is 5.46 Å². The first-order valence-electron chi connectivity index (χ1n) is 15.7. The molecule has 46 heavy (non-hydrogen) atoms. The Morgan fingerprint density at radius 3 is 1.22 bits per heavy atom. The van der Waals surface area contributed by atoms with Gasteiger partial charge in [-0.25, -0.2) is 0 Å². The van der Waals surface area contributed by atoms with Gasteiger partial charge in [0, 0.05) is 4.47 Å². The van der Waals surface area contributed by atoms with E-state index in [0.29, 0.717) is 0 Å². The van der Waals surface area contributed by atoms with E-state index >= 15 is 0 Å². The average Bonchev–Trinajstić information content (AvgIpc) is 3.32. The first-order chi connectivity index (χ1) is 22.2. The zero-order valence-electron chi connectivity index (χ0n) is 26.8. The highest BCUT2D eigenvalue weighted by Crippen LogP contribution is 2.37. The number of hydrogen-bond acceptors (Lipinski definition) is 2. The lowest BCUT2D eigenvalue weighted by molar-refractivity contribution is 0.00578. The summed E-state index contributed by atoms with van der Waals surface area (Å²) < 4.78 is 13.3. The van der Waals surface area contributed by atoms with Gasteiger partial charge in [0.05, 0.1) is 11.2 Å². The second-order valence-electron chi connectivity index (χ2n) is 12.6. The molecule has 1 aliphatic heterocycles. The van der Waals surface area contributed by atoms with Gasteiger partial charge >= 0.3 is 7.12 Å². The summed E-state index contributed by atoms with van der Waals surface area (Å²) in [4.78, 5) is 0. The van der Waals surface area contributed by atoms with Crippen molar-refractivity contribution in [2.45, 2.75) is 38.9 Å². The van der Waals surface area contributed by atoms with Crippen molar-refractivity contribution in [3.05, 3.63) is 162 Å². The standard InChI is InChI=1S/C24H17Br.C18H21BO2/c25-24-13-7-12-20(17-24)23-15-21(18-8-3-1-4-9-18)14-22(16-23)19-10-5-2-6-11-19;1-17(2)18(3,4)21-19(20-17)16-12-8-11-15(13-16)14-9-6-5-7-10-14/h1-17H;5-13H,1-4H3. The predicted octanol–water partition coefficient (Wildman–Crippen LogP) is 11.1. The van der Waals surface area contributed by atoms with E-state index in [-0.39, 0.29) is 18.3 Å². The molecule has 0 aliphatic carbocycles. The molecule has 0 spiro atoms. The number of hydrogen-bond donors (Lipinski definition) is 0. The van der Waals surface area contributed by atoms with E-state index in [2.05, 4.69) is 195 Å². The Labute approximate surface area is 282 Å². The molecule has 0 amide bonds. The average molecular weight is 665 g/mol. The molecule has 1 heterocycles. The number of rotatable bonds is 5. The van der Waals surface area contributed by atoms with Gasteiger partial charge < -0.3 is 9.31 Å². The fourth-order valence-electron chi connectivity index (χ4n) is 5.53. The second kappa shape index (κ2) is 13.6. The molecule has 6 aromatic carbocycles. The van der Waals surface area contributed by atoms with Crippen molar-refractivity contribution in [1.82, 2.24) is 0 Å². The van der Waals surface area contributed by atoms with Crippen molar-refractivity contribution >= 4 is 28.5 Å². The summed E-state index contributed by atoms with van der Waals surface area (Å²) in [6.07, 6.45) is 0. The lowest BCUT2D eigenvalue weighted by Crippen LogP contribution is -2.41. The highest BCUT2D eigenvalue weighted by Gasteiger charge is 2.51. The summed E-state index contributed by atoms with van der Waals surface area (Å²) in [7, 11) is -0.307. The van der Waals surface area contributed by atoms with Gasteiger partial charge in [-0.3, -0.25) is 0 Å². The van der Waals surface area contributed by atoms with Crippen LogP contribution in [0.25, 0.3) is 44.5 Å². The molecule has 1 fully saturated rings. The monoisotopic (exact) mass is 664 g/mol. The lowest BCUT2D eigenvalue weighted by atomic mass is 9.78. The van der Waals surface area contributed by atoms with Gasteiger partial charge in [-0.1, -0.05) is 143 Å². The Balaban J connectivity index is 0.000000164. The van der Waals surface area contributed by atoms with Crippen LogP contribution in [0.3, 0.4) is 0 Å². The van der Waals surface area contributed by atoms with Crippen LogP contribution in [0.4, 0.5) is 0 Å². The molecule has 7 rings (SSSR count). The molecule has 4 heteroatoms. The summed E-state index contributed by atoms with van der Waals surface area (Å²) >= 11 is 3.59. The first kappa shape index (κ1) is 31.8. The molecule has 2 nitrogen and oxygen atoms in total. The van der Waals surface area contributed by atoms with Crippen LogP contribution in [0.2, 0.25) is 0 Å². The van der Waals surface area contributed by atoms with Crippen LogP contribution in [0.5, 0.6) is 0 Å². The maximum Gasteiger partial charge on any atom is 0.494 e. The van der Waals surface area contributed by atoms with Crippen molar-refractivity contribution in [1.29, 1.82) is 0 Å². The lowest BCUT2D eigenvalue weighted by Gasteiger charge is -2.32. The van der Waals surface area contributed by atoms with E-state index < -0.39 is 0 Å². The maximum absolute atomic E-state index is 6.12. The van der Waals surface area contributed by atoms with E-state index in [1.165, 1.54) is 44.5 Å². The van der Waals surface area contributed by atoms with Crippen LogP contribution in [-0.4, -0.2) is 18.3 Å². The molecule has 0 N–H and O–H groups in total. The molecule has 0 radical (unpaired) electrons. The molecular formula is C42H38BBrO2. The molecular weight excluding hydrogens is 627 g/mol. The van der Waals surface area contributed by atoms with Crippen LogP contribution in [-0.2, 0) is 9.31 Å². The van der Waals surface area contributed by atoms with Gasteiger partial charge in [0.2, 0.25) is 0 Å². The van der Waals surface area contributed by atoms with Gasteiger partial charge in [0.25, 0.3) is 0 Å². The first-order valence-corrected chi connectivity index (χ1v) is 16.5. The number of halogens is 1. The summed E-state index contributed by atoms with van der Waals surface area (Å²) in [5.41, 5.74) is 10.2. The van der Waals surface area contributed by atoms with Crippen LogP contribution in [0, 0.1) is 0 Å². The van der Waals surface area contributed by atoms with E-state index in [4.69, 9.17) is 9.31 Å². The summed E-state index contributed by atoms with van der Waals surface area (Å²) in [6.45, 7) is 8.31. The molecule has 0 atom stereocenters. The van der Waals surface area contributed by atoms with Crippen LogP contribution >= 0.6 is 15.9 Å². The molecule has 0 unspecified atom stereocenters. The molecule has 1 saturated heterocycles. The largest absolute Gasteiger partial charge is 0.494 e. The second-order valence-corrected chi connectivity index (χ2v) is 13.5. The zero-order valence-corrected chi connectivity index (χ0v) is 28.4. The zero-order chi connectivity index (χ0) is 32.1. The summed E-state index contributed by atoms with van der Waals surface area (Å²) in [5, 5.41) is 0. The Morgan fingerprint density at radius 1 is 0.391 bits per heavy atom. The Kier molecular flexibility index (Phi) is 9.42. The van der Waals surface area contributed by atoms with Crippen LogP contribution in [0.15, 0.2) is 162 Å². The SMILES string of the molecule is Brc1cccc(-c2cc(-c3ccccc3)cc(-c3ccccc3)c2)c1.CC1(C)OB(c2cccc(-c3ccccc3)c2)OC1(C)C. The topological polar surface area (TPSA) is 18.5 Å². The number of benzene rings is 6. The molecule has 1 aliphatic rings. The Hall–Kier alpha value is -4.22. The molecule has 0 bridgehead atoms. The third-order valence-corrected chi connectivity index (χ3v) is 9.32.